The molecule has 0 bridgehead atoms. The lowest BCUT2D eigenvalue weighted by molar-refractivity contribution is -0.870. The quantitative estimate of drug-likeness (QED) is 0.0211. The molecule has 2 unspecified atom stereocenters. The Balaban J connectivity index is 4.00. The van der Waals surface area contributed by atoms with Crippen LogP contribution in [0.5, 0.6) is 0 Å². The molecule has 0 spiro atoms. The minimum absolute atomic E-state index is 0.0301. The maximum atomic E-state index is 12.9. The summed E-state index contributed by atoms with van der Waals surface area (Å²) in [5, 5.41) is 0. The monoisotopic (exact) mass is 1310 g/mol. The van der Waals surface area contributed by atoms with Crippen molar-refractivity contribution in [2.24, 2.45) is 0 Å². The zero-order chi connectivity index (χ0) is 66.9. The Bertz CT molecular complexity index is 1920. The SMILES string of the molecule is CC/C=C\C/C=C\C/C=C\C/C=C\C/C=C\C/C=C\C/C=C\C/C=C\C/C=C\CCCCCCCCCCCCCCCC(=O)OC(COC(=O)CCCCCCCCCCCCCCCCCCCCCCCCCCCCC)COP(=O)(O)OCC[N+](C)(C)C. The number of nitrogens with zero attached hydrogens (tertiary/aromatic N) is 1. The summed E-state index contributed by atoms with van der Waals surface area (Å²) in [5.41, 5.74) is 0. The van der Waals surface area contributed by atoms with Gasteiger partial charge >= 0.3 is 19.8 Å². The fourth-order valence-electron chi connectivity index (χ4n) is 11.0. The maximum Gasteiger partial charge on any atom is 0.472 e. The Morgan fingerprint density at radius 1 is 0.348 bits per heavy atom. The molecular formula is C82H147NO8P+. The van der Waals surface area contributed by atoms with Crippen LogP contribution in [0.4, 0.5) is 0 Å². The molecule has 0 saturated carbocycles. The van der Waals surface area contributed by atoms with Crippen LogP contribution in [0.25, 0.3) is 0 Å². The molecule has 92 heavy (non-hydrogen) atoms. The second-order valence-electron chi connectivity index (χ2n) is 27.0. The third-order valence-electron chi connectivity index (χ3n) is 16.8. The van der Waals surface area contributed by atoms with E-state index in [1.807, 2.05) is 21.1 Å². The van der Waals surface area contributed by atoms with Gasteiger partial charge in [-0.2, -0.15) is 0 Å². The minimum atomic E-state index is -4.40. The van der Waals surface area contributed by atoms with Gasteiger partial charge in [0.25, 0.3) is 0 Å². The van der Waals surface area contributed by atoms with Gasteiger partial charge < -0.3 is 18.9 Å². The number of phosphoric ester groups is 1. The number of hydrogen-bond acceptors (Lipinski definition) is 7. The molecule has 0 aromatic carbocycles. The number of allylic oxidation sites excluding steroid dienone is 18. The van der Waals surface area contributed by atoms with E-state index in [-0.39, 0.29) is 25.6 Å². The van der Waals surface area contributed by atoms with Gasteiger partial charge in [-0.15, -0.1) is 0 Å². The molecule has 1 N–H and O–H groups in total. The number of ether oxygens (including phenoxy) is 2. The third-order valence-corrected chi connectivity index (χ3v) is 17.8. The van der Waals surface area contributed by atoms with Crippen molar-refractivity contribution < 1.29 is 42.1 Å². The van der Waals surface area contributed by atoms with Crippen molar-refractivity contribution in [2.45, 2.75) is 354 Å². The van der Waals surface area contributed by atoms with Gasteiger partial charge in [0, 0.05) is 12.8 Å². The zero-order valence-electron chi connectivity index (χ0n) is 60.8. The number of likely N-dealkylation sites (N-methyl/N-ethyl adjacent to an activating group) is 1. The Hall–Kier alpha value is -3.33. The van der Waals surface area contributed by atoms with Gasteiger partial charge in [-0.25, -0.2) is 4.57 Å². The molecule has 532 valence electrons. The van der Waals surface area contributed by atoms with Gasteiger partial charge in [-0.1, -0.05) is 361 Å². The highest BCUT2D eigenvalue weighted by Gasteiger charge is 2.27. The Labute approximate surface area is 569 Å². The third kappa shape index (κ3) is 75.7. The molecule has 0 aliphatic rings. The van der Waals surface area contributed by atoms with Crippen LogP contribution in [-0.2, 0) is 32.7 Å². The van der Waals surface area contributed by atoms with E-state index in [1.54, 1.807) is 0 Å². The molecule has 0 rings (SSSR count). The normalized spacial score (nSPS) is 13.7. The zero-order valence-corrected chi connectivity index (χ0v) is 61.7. The number of quaternary nitrogens is 1. The number of carbonyl (C=O) groups is 2. The highest BCUT2D eigenvalue weighted by atomic mass is 31.2. The van der Waals surface area contributed by atoms with Gasteiger partial charge in [-0.05, 0) is 83.5 Å². The lowest BCUT2D eigenvalue weighted by atomic mass is 10.0. The van der Waals surface area contributed by atoms with E-state index in [2.05, 4.69) is 123 Å². The molecule has 0 aromatic heterocycles. The van der Waals surface area contributed by atoms with Crippen molar-refractivity contribution in [3.05, 3.63) is 109 Å². The molecule has 0 aliphatic heterocycles. The second-order valence-corrected chi connectivity index (χ2v) is 28.5. The first-order chi connectivity index (χ1) is 45.0. The molecule has 2 atom stereocenters. The van der Waals surface area contributed by atoms with Gasteiger partial charge in [0.1, 0.15) is 19.8 Å². The van der Waals surface area contributed by atoms with Crippen molar-refractivity contribution in [2.75, 3.05) is 47.5 Å². The molecule has 10 heteroatoms. The largest absolute Gasteiger partial charge is 0.472 e. The van der Waals surface area contributed by atoms with Crippen LogP contribution in [0, 0.1) is 0 Å². The van der Waals surface area contributed by atoms with E-state index in [4.69, 9.17) is 18.5 Å². The van der Waals surface area contributed by atoms with Crippen LogP contribution in [-0.4, -0.2) is 74.9 Å². The number of esters is 2. The first-order valence-corrected chi connectivity index (χ1v) is 40.1. The fourth-order valence-corrected chi connectivity index (χ4v) is 11.7. The van der Waals surface area contributed by atoms with Gasteiger partial charge in [0.05, 0.1) is 27.7 Å². The van der Waals surface area contributed by atoms with Crippen molar-refractivity contribution in [3.63, 3.8) is 0 Å². The summed E-state index contributed by atoms with van der Waals surface area (Å²) >= 11 is 0. The summed E-state index contributed by atoms with van der Waals surface area (Å²) < 4.78 is 34.8. The van der Waals surface area contributed by atoms with E-state index in [0.29, 0.717) is 23.9 Å². The van der Waals surface area contributed by atoms with Crippen LogP contribution in [0.15, 0.2) is 109 Å². The Morgan fingerprint density at radius 3 is 0.924 bits per heavy atom. The predicted octanol–water partition coefficient (Wildman–Crippen LogP) is 25.6. The highest BCUT2D eigenvalue weighted by Crippen LogP contribution is 2.43. The highest BCUT2D eigenvalue weighted by molar-refractivity contribution is 7.47. The number of rotatable bonds is 71. The summed E-state index contributed by atoms with van der Waals surface area (Å²) in [5.74, 6) is -0.786. The molecule has 9 nitrogen and oxygen atoms in total. The van der Waals surface area contributed by atoms with Gasteiger partial charge in [-0.3, -0.25) is 18.6 Å². The van der Waals surface area contributed by atoms with E-state index < -0.39 is 26.5 Å². The minimum Gasteiger partial charge on any atom is -0.462 e. The smallest absolute Gasteiger partial charge is 0.462 e. The van der Waals surface area contributed by atoms with E-state index in [1.165, 1.54) is 218 Å². The van der Waals surface area contributed by atoms with Crippen LogP contribution < -0.4 is 0 Å². The molecule has 0 fully saturated rings. The van der Waals surface area contributed by atoms with Crippen LogP contribution in [0.2, 0.25) is 0 Å². The number of unbranched alkanes of at least 4 members (excludes halogenated alkanes) is 39. The first kappa shape index (κ1) is 88.7. The molecular weight excluding hydrogens is 1160 g/mol. The first-order valence-electron chi connectivity index (χ1n) is 38.6. The lowest BCUT2D eigenvalue weighted by Crippen LogP contribution is -2.37. The number of carbonyl (C=O) groups excluding carboxylic acids is 2. The maximum absolute atomic E-state index is 12.9. The molecule has 0 radical (unpaired) electrons. The summed E-state index contributed by atoms with van der Waals surface area (Å²) in [7, 11) is 1.48. The Kier molecular flexibility index (Phi) is 69.3. The molecule has 0 aromatic rings. The average Bonchev–Trinajstić information content (AvgIpc) is 2.23. The molecule has 0 saturated heterocycles. The van der Waals surface area contributed by atoms with Crippen LogP contribution in [0.3, 0.4) is 0 Å². The topological polar surface area (TPSA) is 108 Å². The van der Waals surface area contributed by atoms with E-state index in [0.717, 1.165) is 96.3 Å². The van der Waals surface area contributed by atoms with Crippen molar-refractivity contribution in [1.82, 2.24) is 0 Å². The van der Waals surface area contributed by atoms with E-state index >= 15 is 0 Å². The average molecular weight is 1310 g/mol. The van der Waals surface area contributed by atoms with Crippen LogP contribution in [0.1, 0.15) is 348 Å². The summed E-state index contributed by atoms with van der Waals surface area (Å²) in [6.45, 7) is 4.37. The van der Waals surface area contributed by atoms with Crippen molar-refractivity contribution in [3.8, 4) is 0 Å². The summed E-state index contributed by atoms with van der Waals surface area (Å²) in [4.78, 5) is 35.9. The number of phosphoric acid groups is 1. The molecule has 0 aliphatic carbocycles. The fraction of sp³-hybridized carbons (Fsp3) is 0.756. The van der Waals surface area contributed by atoms with Crippen LogP contribution >= 0.6 is 7.82 Å². The molecule has 0 heterocycles. The standard InChI is InChI=1S/C82H146NO8P/c1-6-8-10-12-14-16-18-20-22-24-26-28-30-32-34-35-36-37-38-39-40-41-42-43-44-45-46-47-49-51-53-55-57-59-61-63-65-67-69-71-73-75-82(85)91-80(79-90-92(86,87)89-77-76-83(3,4)5)78-88-81(84)74-72-70-68-66-64-62-60-58-56-54-52-50-48-33-31-29-27-25-23-21-19-17-15-13-11-9-7-2/h8,10,14,16,20,22,26,28,32,34,36-37,39-40,42-43,45-46,80H,6-7,9,11-13,15,17-19,21,23-25,27,29-31,33,35,38,41,44,47-79H2,1-5H3/p+1/b10-8-,16-14-,22-20-,28-26-,34-32-,37-36-,40-39-,43-42-,46-45-. The van der Waals surface area contributed by atoms with Crippen molar-refractivity contribution in [1.29, 1.82) is 0 Å². The van der Waals surface area contributed by atoms with Crippen molar-refractivity contribution >= 4 is 19.8 Å². The molecule has 0 amide bonds. The Morgan fingerprint density at radius 2 is 0.620 bits per heavy atom. The summed E-state index contributed by atoms with van der Waals surface area (Å²) in [6, 6.07) is 0. The van der Waals surface area contributed by atoms with Gasteiger partial charge in [0.2, 0.25) is 0 Å². The summed E-state index contributed by atoms with van der Waals surface area (Å²) in [6.07, 6.45) is 102. The lowest BCUT2D eigenvalue weighted by Gasteiger charge is -2.24. The number of hydrogen-bond donors (Lipinski definition) is 1. The predicted molar refractivity (Wildman–Crippen MR) is 399 cm³/mol. The second kappa shape index (κ2) is 72.0. The van der Waals surface area contributed by atoms with Gasteiger partial charge in [0.15, 0.2) is 6.10 Å². The van der Waals surface area contributed by atoms with E-state index in [9.17, 15) is 19.0 Å².